The number of nitrogens with one attached hydrogen (secondary N) is 1. The monoisotopic (exact) mass is 482 g/mol. The zero-order valence-corrected chi connectivity index (χ0v) is 21.5. The number of aromatic nitrogens is 1. The van der Waals surface area contributed by atoms with E-state index < -0.39 is 0 Å². The number of carbonyl (C=O) groups is 1. The Hall–Kier alpha value is -3.90. The Labute approximate surface area is 212 Å². The topological polar surface area (TPSA) is 71.9 Å². The van der Waals surface area contributed by atoms with Crippen molar-refractivity contribution >= 4 is 28.2 Å². The Kier molecular flexibility index (Phi) is 7.86. The molecule has 1 heterocycles. The van der Waals surface area contributed by atoms with Gasteiger partial charge in [0, 0.05) is 42.2 Å². The number of benzene rings is 3. The van der Waals surface area contributed by atoms with E-state index in [0.717, 1.165) is 41.5 Å². The summed E-state index contributed by atoms with van der Waals surface area (Å²) < 4.78 is 0. The highest BCUT2D eigenvalue weighted by atomic mass is 16.3. The van der Waals surface area contributed by atoms with E-state index in [9.17, 15) is 9.90 Å². The number of aliphatic imine (C=N–C) groups is 1. The van der Waals surface area contributed by atoms with Crippen LogP contribution in [-0.2, 0) is 6.54 Å². The number of carbonyl (C=O) groups excluding carboxylic acids is 1. The second kappa shape index (κ2) is 11.2. The maximum Gasteiger partial charge on any atom is 0.253 e. The first-order valence-corrected chi connectivity index (χ1v) is 12.4. The van der Waals surface area contributed by atoms with Gasteiger partial charge in [0.1, 0.15) is 0 Å². The van der Waals surface area contributed by atoms with Gasteiger partial charge >= 0.3 is 0 Å². The molecule has 0 saturated heterocycles. The smallest absolute Gasteiger partial charge is 0.253 e. The fourth-order valence-corrected chi connectivity index (χ4v) is 4.30. The molecule has 0 fully saturated rings. The van der Waals surface area contributed by atoms with Crippen molar-refractivity contribution in [3.63, 3.8) is 0 Å². The van der Waals surface area contributed by atoms with Crippen molar-refractivity contribution in [3.05, 3.63) is 95.1 Å². The fraction of sp³-hybridized carbons (Fsp3) is 0.267. The van der Waals surface area contributed by atoms with E-state index in [-0.39, 0.29) is 11.8 Å². The van der Waals surface area contributed by atoms with Crippen LogP contribution in [0.1, 0.15) is 46.8 Å². The lowest BCUT2D eigenvalue weighted by atomic mass is 9.99. The lowest BCUT2D eigenvalue weighted by molar-refractivity contribution is 0.0793. The minimum Gasteiger partial charge on any atom is -0.494 e. The Morgan fingerprint density at radius 2 is 1.67 bits per heavy atom. The Balaban J connectivity index is 1.81. The number of amides is 1. The lowest BCUT2D eigenvalue weighted by Crippen LogP contribution is -2.27. The van der Waals surface area contributed by atoms with Crippen molar-refractivity contribution in [2.24, 2.45) is 4.99 Å². The average molecular weight is 483 g/mol. The van der Waals surface area contributed by atoms with Crippen LogP contribution in [0.4, 0.5) is 5.69 Å². The van der Waals surface area contributed by atoms with Gasteiger partial charge in [-0.2, -0.15) is 0 Å². The van der Waals surface area contributed by atoms with Crippen LogP contribution in [0.25, 0.3) is 10.9 Å². The molecule has 0 aliphatic rings. The van der Waals surface area contributed by atoms with Crippen LogP contribution < -0.4 is 0 Å². The van der Waals surface area contributed by atoms with Gasteiger partial charge in [-0.3, -0.25) is 4.79 Å². The number of fused-ring (bicyclic) bond motifs is 1. The van der Waals surface area contributed by atoms with Gasteiger partial charge in [0.15, 0.2) is 5.88 Å². The summed E-state index contributed by atoms with van der Waals surface area (Å²) >= 11 is 0. The molecule has 0 radical (unpaired) electrons. The van der Waals surface area contributed by atoms with Crippen LogP contribution >= 0.6 is 0 Å². The first-order chi connectivity index (χ1) is 17.4. The third-order valence-corrected chi connectivity index (χ3v) is 6.18. The number of rotatable bonds is 9. The van der Waals surface area contributed by atoms with Gasteiger partial charge in [-0.05, 0) is 56.4 Å². The zero-order chi connectivity index (χ0) is 25.7. The van der Waals surface area contributed by atoms with Crippen molar-refractivity contribution in [1.82, 2.24) is 14.8 Å². The predicted molar refractivity (Wildman–Crippen MR) is 147 cm³/mol. The van der Waals surface area contributed by atoms with Gasteiger partial charge in [0.2, 0.25) is 0 Å². The van der Waals surface area contributed by atoms with Crippen LogP contribution in [0.15, 0.2) is 77.8 Å². The molecule has 0 atom stereocenters. The molecule has 4 aromatic rings. The third-order valence-electron chi connectivity index (χ3n) is 6.18. The van der Waals surface area contributed by atoms with E-state index in [4.69, 9.17) is 4.99 Å². The molecule has 0 aliphatic carbocycles. The highest BCUT2D eigenvalue weighted by Gasteiger charge is 2.21. The molecule has 6 nitrogen and oxygen atoms in total. The first-order valence-electron chi connectivity index (χ1n) is 12.4. The number of aromatic hydroxyl groups is 1. The van der Waals surface area contributed by atoms with Crippen molar-refractivity contribution in [1.29, 1.82) is 0 Å². The third kappa shape index (κ3) is 5.66. The van der Waals surface area contributed by atoms with Crippen LogP contribution in [-0.4, -0.2) is 59.2 Å². The Morgan fingerprint density at radius 1 is 0.944 bits per heavy atom. The molecule has 4 rings (SSSR count). The molecule has 0 spiro atoms. The van der Waals surface area contributed by atoms with Gasteiger partial charge in [-0.1, -0.05) is 55.8 Å². The van der Waals surface area contributed by atoms with Gasteiger partial charge < -0.3 is 19.9 Å². The molecule has 0 saturated carbocycles. The van der Waals surface area contributed by atoms with Crippen LogP contribution in [0, 0.1) is 0 Å². The number of aromatic amines is 1. The average Bonchev–Trinajstić information content (AvgIpc) is 3.21. The Morgan fingerprint density at radius 3 is 2.33 bits per heavy atom. The number of H-pyrrole nitrogens is 1. The summed E-state index contributed by atoms with van der Waals surface area (Å²) in [4.78, 5) is 25.0. The molecule has 0 bridgehead atoms. The van der Waals surface area contributed by atoms with E-state index in [1.165, 1.54) is 5.56 Å². The van der Waals surface area contributed by atoms with Crippen LogP contribution in [0.5, 0.6) is 5.88 Å². The summed E-state index contributed by atoms with van der Waals surface area (Å²) in [5.74, 6) is -0.00700. The summed E-state index contributed by atoms with van der Waals surface area (Å²) in [6.07, 6.45) is 1.98. The molecule has 3 aromatic carbocycles. The molecular weight excluding hydrogens is 448 g/mol. The van der Waals surface area contributed by atoms with E-state index >= 15 is 0 Å². The standard InChI is InChI=1S/C30H34N4O2/c1-5-6-18-34(4)30(36)23-14-17-26-25(19-23)27(29(35)32-26)28(22-10-8-7-9-11-22)31-24-15-12-21(13-16-24)20-33(2)3/h7-17,19,32,35H,5-6,18,20H2,1-4H3. The van der Waals surface area contributed by atoms with E-state index in [0.29, 0.717) is 23.4 Å². The molecule has 0 unspecified atom stereocenters. The number of hydrogen-bond acceptors (Lipinski definition) is 4. The maximum atomic E-state index is 13.1. The normalized spacial score (nSPS) is 11.9. The predicted octanol–water partition coefficient (Wildman–Crippen LogP) is 5.98. The molecule has 1 aromatic heterocycles. The molecule has 2 N–H and O–H groups in total. The highest BCUT2D eigenvalue weighted by Crippen LogP contribution is 2.32. The quantitative estimate of drug-likeness (QED) is 0.289. The van der Waals surface area contributed by atoms with Gasteiger partial charge in [0.25, 0.3) is 5.91 Å². The van der Waals surface area contributed by atoms with Crippen molar-refractivity contribution in [2.75, 3.05) is 27.7 Å². The zero-order valence-electron chi connectivity index (χ0n) is 21.5. The first kappa shape index (κ1) is 25.2. The maximum absolute atomic E-state index is 13.1. The molecule has 1 amide bonds. The molecule has 186 valence electrons. The number of unbranched alkanes of at least 4 members (excludes halogenated alkanes) is 1. The van der Waals surface area contributed by atoms with Crippen LogP contribution in [0.3, 0.4) is 0 Å². The summed E-state index contributed by atoms with van der Waals surface area (Å²) in [5, 5.41) is 11.8. The van der Waals surface area contributed by atoms with Gasteiger partial charge in [0.05, 0.1) is 17.0 Å². The molecular formula is C30H34N4O2. The second-order valence-electron chi connectivity index (χ2n) is 9.42. The van der Waals surface area contributed by atoms with Crippen LogP contribution in [0.2, 0.25) is 0 Å². The summed E-state index contributed by atoms with van der Waals surface area (Å²) in [5.41, 5.74) is 5.43. The summed E-state index contributed by atoms with van der Waals surface area (Å²) in [6.45, 7) is 3.67. The minimum atomic E-state index is -0.0355. The van der Waals surface area contributed by atoms with Crippen molar-refractivity contribution in [2.45, 2.75) is 26.3 Å². The molecule has 6 heteroatoms. The molecule has 0 aliphatic heterocycles. The number of hydrogen-bond donors (Lipinski definition) is 2. The summed E-state index contributed by atoms with van der Waals surface area (Å²) in [6, 6.07) is 23.4. The van der Waals surface area contributed by atoms with E-state index in [1.54, 1.807) is 11.0 Å². The Bertz CT molecular complexity index is 1360. The SMILES string of the molecule is CCCCN(C)C(=O)c1ccc2[nH]c(O)c(C(=Nc3ccc(CN(C)C)cc3)c3ccccc3)c2c1. The summed E-state index contributed by atoms with van der Waals surface area (Å²) in [7, 11) is 5.91. The largest absolute Gasteiger partial charge is 0.494 e. The minimum absolute atomic E-state index is 0.0285. The lowest BCUT2D eigenvalue weighted by Gasteiger charge is -2.17. The van der Waals surface area contributed by atoms with E-state index in [1.807, 2.05) is 75.7 Å². The molecule has 36 heavy (non-hydrogen) atoms. The van der Waals surface area contributed by atoms with Crippen molar-refractivity contribution < 1.29 is 9.90 Å². The highest BCUT2D eigenvalue weighted by molar-refractivity contribution is 6.22. The second-order valence-corrected chi connectivity index (χ2v) is 9.42. The fourth-order valence-electron chi connectivity index (χ4n) is 4.30. The van der Waals surface area contributed by atoms with E-state index in [2.05, 4.69) is 28.9 Å². The number of nitrogens with zero attached hydrogens (tertiary/aromatic N) is 3. The van der Waals surface area contributed by atoms with Gasteiger partial charge in [-0.25, -0.2) is 4.99 Å². The van der Waals surface area contributed by atoms with Gasteiger partial charge in [-0.15, -0.1) is 0 Å². The van der Waals surface area contributed by atoms with Crippen molar-refractivity contribution in [3.8, 4) is 5.88 Å².